The monoisotopic (exact) mass is 629 g/mol. The molecule has 0 aromatic rings. The molecule has 0 aliphatic heterocycles. The molecule has 20 nitrogen and oxygen atoms in total. The summed E-state index contributed by atoms with van der Waals surface area (Å²) in [5.74, 6) is 0. The molecule has 0 aromatic carbocycles. The molecule has 0 aliphatic rings. The first kappa shape index (κ1) is 42.0. The van der Waals surface area contributed by atoms with Gasteiger partial charge in [0.2, 0.25) is 0 Å². The van der Waals surface area contributed by atoms with Crippen molar-refractivity contribution in [1.29, 1.82) is 0 Å². The van der Waals surface area contributed by atoms with Crippen molar-refractivity contribution in [2.75, 3.05) is 0 Å². The fraction of sp³-hybridized carbons (Fsp3) is 0. The molecule has 0 saturated carbocycles. The smallest absolute Gasteiger partial charge is 0.303 e. The molecule has 0 fully saturated rings. The zero-order valence-electron chi connectivity index (χ0n) is 11.6. The number of phosphoric acid groups is 5. The van der Waals surface area contributed by atoms with Crippen LogP contribution in [0.4, 0.5) is 0 Å². The Balaban J connectivity index is -0.0000000476. The van der Waals surface area contributed by atoms with E-state index < -0.39 is 39.1 Å². The van der Waals surface area contributed by atoms with Crippen LogP contribution in [0.3, 0.4) is 0 Å². The Hall–Kier alpha value is 1.74. The van der Waals surface area contributed by atoms with Crippen LogP contribution < -0.4 is 0 Å². The van der Waals surface area contributed by atoms with Gasteiger partial charge in [0.05, 0.1) is 0 Å². The molecule has 0 heterocycles. The average Bonchev–Trinajstić information content (AvgIpc) is 1.79. The molecule has 0 aliphatic carbocycles. The van der Waals surface area contributed by atoms with Gasteiger partial charge in [0.25, 0.3) is 0 Å². The fourth-order valence-corrected chi connectivity index (χ4v) is 0. The average molecular weight is 629 g/mol. The van der Waals surface area contributed by atoms with Crippen LogP contribution in [-0.4, -0.2) is 73.4 Å². The fourth-order valence-electron chi connectivity index (χ4n) is 0. The zero-order valence-corrected chi connectivity index (χ0v) is 19.7. The Morgan fingerprint density at radius 2 is 0.269 bits per heavy atom. The largest absolute Gasteiger partial charge is 0.466 e. The summed E-state index contributed by atoms with van der Waals surface area (Å²) in [5.41, 5.74) is 0. The third-order valence-corrected chi connectivity index (χ3v) is 0. The molecular formula is H15LaO20P5. The van der Waals surface area contributed by atoms with E-state index in [0.29, 0.717) is 0 Å². The van der Waals surface area contributed by atoms with E-state index in [0.717, 1.165) is 0 Å². The van der Waals surface area contributed by atoms with Gasteiger partial charge in [0.1, 0.15) is 0 Å². The second-order valence-corrected chi connectivity index (χ2v) is 7.70. The molecule has 0 spiro atoms. The second kappa shape index (κ2) is 17.6. The van der Waals surface area contributed by atoms with Crippen LogP contribution in [-0.2, 0) is 22.8 Å². The van der Waals surface area contributed by atoms with E-state index >= 15 is 0 Å². The van der Waals surface area contributed by atoms with E-state index in [1.165, 1.54) is 0 Å². The van der Waals surface area contributed by atoms with Gasteiger partial charge in [-0.1, -0.05) is 0 Å². The third kappa shape index (κ3) is 5180. The SMILES string of the molecule is O=P(O)(O)O.O=P(O)(O)O.O=P(O)(O)O.O=P(O)(O)O.O=P(O)(O)O.[La]. The number of hydrogen-bond donors (Lipinski definition) is 15. The van der Waals surface area contributed by atoms with Crippen LogP contribution in [0.25, 0.3) is 0 Å². The number of hydrogen-bond acceptors (Lipinski definition) is 5. The van der Waals surface area contributed by atoms with Gasteiger partial charge >= 0.3 is 39.1 Å². The summed E-state index contributed by atoms with van der Waals surface area (Å²) in [4.78, 5) is 108. The van der Waals surface area contributed by atoms with Crippen LogP contribution in [0.15, 0.2) is 0 Å². The molecule has 0 saturated heterocycles. The Labute approximate surface area is 170 Å². The van der Waals surface area contributed by atoms with Gasteiger partial charge in [0.15, 0.2) is 0 Å². The molecule has 0 aromatic heterocycles. The Morgan fingerprint density at radius 1 is 0.269 bits per heavy atom. The summed E-state index contributed by atoms with van der Waals surface area (Å²) < 4.78 is 44.4. The minimum atomic E-state index is -4.64. The van der Waals surface area contributed by atoms with Gasteiger partial charge in [0, 0.05) is 35.6 Å². The van der Waals surface area contributed by atoms with Crippen LogP contribution >= 0.6 is 39.1 Å². The van der Waals surface area contributed by atoms with Crippen molar-refractivity contribution in [3.8, 4) is 0 Å². The summed E-state index contributed by atoms with van der Waals surface area (Å²) in [6, 6.07) is 0. The van der Waals surface area contributed by atoms with Gasteiger partial charge in [-0.3, -0.25) is 0 Å². The third-order valence-electron chi connectivity index (χ3n) is 0. The summed E-state index contributed by atoms with van der Waals surface area (Å²) in [5, 5.41) is 0. The van der Waals surface area contributed by atoms with E-state index in [9.17, 15) is 0 Å². The zero-order chi connectivity index (χ0) is 22.5. The maximum atomic E-state index is 8.88. The van der Waals surface area contributed by atoms with Gasteiger partial charge in [-0.15, -0.1) is 0 Å². The van der Waals surface area contributed by atoms with Crippen molar-refractivity contribution in [3.05, 3.63) is 0 Å². The van der Waals surface area contributed by atoms with Crippen molar-refractivity contribution < 1.29 is 132 Å². The molecule has 163 valence electrons. The van der Waals surface area contributed by atoms with Crippen LogP contribution in [0.1, 0.15) is 0 Å². The van der Waals surface area contributed by atoms with Crippen molar-refractivity contribution in [1.82, 2.24) is 0 Å². The van der Waals surface area contributed by atoms with Gasteiger partial charge in [-0.25, -0.2) is 22.8 Å². The minimum Gasteiger partial charge on any atom is -0.303 e. The Bertz CT molecular complexity index is 371. The maximum Gasteiger partial charge on any atom is 0.466 e. The topological polar surface area (TPSA) is 389 Å². The molecule has 0 atom stereocenters. The molecule has 0 amide bonds. The molecular weight excluding hydrogens is 614 g/mol. The second-order valence-electron chi connectivity index (χ2n) is 2.57. The first-order valence-electron chi connectivity index (χ1n) is 3.91. The van der Waals surface area contributed by atoms with E-state index in [-0.39, 0.29) is 35.6 Å². The van der Waals surface area contributed by atoms with Crippen molar-refractivity contribution in [2.24, 2.45) is 0 Å². The first-order valence-corrected chi connectivity index (χ1v) is 11.7. The van der Waals surface area contributed by atoms with E-state index in [2.05, 4.69) is 0 Å². The first-order chi connectivity index (χ1) is 10.0. The summed E-state index contributed by atoms with van der Waals surface area (Å²) in [6.45, 7) is 0. The standard InChI is InChI=1S/La.5H3O4P/c;5*1-5(2,3)4/h;5*(H3,1,2,3,4). The van der Waals surface area contributed by atoms with E-state index in [4.69, 9.17) is 96.2 Å². The minimum absolute atomic E-state index is 0. The molecule has 0 unspecified atom stereocenters. The predicted molar refractivity (Wildman–Crippen MR) is 71.3 cm³/mol. The van der Waals surface area contributed by atoms with Crippen LogP contribution in [0.2, 0.25) is 0 Å². The molecule has 1 radical (unpaired) electrons. The van der Waals surface area contributed by atoms with Crippen molar-refractivity contribution >= 4 is 39.1 Å². The van der Waals surface area contributed by atoms with Crippen molar-refractivity contribution in [3.63, 3.8) is 0 Å². The molecule has 0 bridgehead atoms. The Kier molecular flexibility index (Phi) is 28.4. The maximum absolute atomic E-state index is 8.88. The van der Waals surface area contributed by atoms with E-state index in [1.54, 1.807) is 0 Å². The van der Waals surface area contributed by atoms with Gasteiger partial charge in [-0.05, 0) is 0 Å². The van der Waals surface area contributed by atoms with Crippen molar-refractivity contribution in [2.45, 2.75) is 0 Å². The van der Waals surface area contributed by atoms with Crippen LogP contribution in [0.5, 0.6) is 0 Å². The normalized spacial score (nSPS) is 11.3. The van der Waals surface area contributed by atoms with Gasteiger partial charge < -0.3 is 73.4 Å². The quantitative estimate of drug-likeness (QED) is 0.112. The van der Waals surface area contributed by atoms with E-state index in [1.807, 2.05) is 0 Å². The Morgan fingerprint density at radius 3 is 0.269 bits per heavy atom. The molecule has 15 N–H and O–H groups in total. The molecule has 26 heavy (non-hydrogen) atoms. The molecule has 0 rings (SSSR count). The summed E-state index contributed by atoms with van der Waals surface area (Å²) >= 11 is 0. The molecule has 26 heteroatoms. The number of rotatable bonds is 0. The summed E-state index contributed by atoms with van der Waals surface area (Å²) in [6.07, 6.45) is 0. The van der Waals surface area contributed by atoms with Crippen LogP contribution in [0, 0.1) is 35.6 Å². The van der Waals surface area contributed by atoms with Gasteiger partial charge in [-0.2, -0.15) is 0 Å². The summed E-state index contributed by atoms with van der Waals surface area (Å²) in [7, 11) is -23.2. The predicted octanol–water partition coefficient (Wildman–Crippen LogP) is -4.64.